The molecule has 0 fully saturated rings. The van der Waals surface area contributed by atoms with Gasteiger partial charge < -0.3 is 9.88 Å². The van der Waals surface area contributed by atoms with Gasteiger partial charge in [0.1, 0.15) is 5.69 Å². The molecular weight excluding hydrogens is 252 g/mol. The molecule has 0 unspecified atom stereocenters. The van der Waals surface area contributed by atoms with Crippen molar-refractivity contribution in [3.63, 3.8) is 0 Å². The Balaban J connectivity index is 2.64. The van der Waals surface area contributed by atoms with Crippen molar-refractivity contribution < 1.29 is 4.79 Å². The van der Waals surface area contributed by atoms with E-state index in [4.69, 9.17) is 0 Å². The fourth-order valence-corrected chi connectivity index (χ4v) is 2.22. The zero-order valence-electron chi connectivity index (χ0n) is 12.1. The van der Waals surface area contributed by atoms with Gasteiger partial charge >= 0.3 is 0 Å². The number of carbonyl (C=O) groups excluding carboxylic acids is 1. The van der Waals surface area contributed by atoms with Gasteiger partial charge in [0.2, 0.25) is 0 Å². The van der Waals surface area contributed by atoms with Crippen molar-refractivity contribution in [3.05, 3.63) is 46.4 Å². The molecule has 106 valence electrons. The number of fused-ring (bicyclic) bond motifs is 1. The topological polar surface area (TPSA) is 51.1 Å². The summed E-state index contributed by atoms with van der Waals surface area (Å²) in [7, 11) is 1.58. The van der Waals surface area contributed by atoms with Crippen LogP contribution >= 0.6 is 0 Å². The van der Waals surface area contributed by atoms with Gasteiger partial charge in [-0.3, -0.25) is 9.59 Å². The molecule has 0 radical (unpaired) electrons. The monoisotopic (exact) mass is 272 g/mol. The van der Waals surface area contributed by atoms with E-state index in [2.05, 4.69) is 19.2 Å². The molecule has 0 spiro atoms. The SMILES string of the molecule is CNC(=O)c1cc2ccccc2c(=O)n1CCC(C)C. The van der Waals surface area contributed by atoms with Gasteiger partial charge in [0.25, 0.3) is 11.5 Å². The number of amides is 1. The number of hydrogen-bond acceptors (Lipinski definition) is 2. The lowest BCUT2D eigenvalue weighted by Crippen LogP contribution is -2.31. The van der Waals surface area contributed by atoms with Crippen LogP contribution in [0, 0.1) is 5.92 Å². The highest BCUT2D eigenvalue weighted by atomic mass is 16.2. The van der Waals surface area contributed by atoms with Gasteiger partial charge in [0, 0.05) is 19.0 Å². The van der Waals surface area contributed by atoms with Crippen LogP contribution in [0.4, 0.5) is 0 Å². The van der Waals surface area contributed by atoms with Crippen molar-refractivity contribution in [2.24, 2.45) is 5.92 Å². The quantitative estimate of drug-likeness (QED) is 0.929. The van der Waals surface area contributed by atoms with Crippen molar-refractivity contribution in [1.29, 1.82) is 0 Å². The number of nitrogens with zero attached hydrogens (tertiary/aromatic N) is 1. The van der Waals surface area contributed by atoms with E-state index in [-0.39, 0.29) is 11.5 Å². The molecule has 0 aliphatic carbocycles. The lowest BCUT2D eigenvalue weighted by atomic mass is 10.1. The van der Waals surface area contributed by atoms with Crippen molar-refractivity contribution in [1.82, 2.24) is 9.88 Å². The van der Waals surface area contributed by atoms with Gasteiger partial charge in [0.05, 0.1) is 0 Å². The molecule has 1 heterocycles. The van der Waals surface area contributed by atoms with E-state index in [1.165, 1.54) is 0 Å². The highest BCUT2D eigenvalue weighted by Crippen LogP contribution is 2.13. The molecular formula is C16H20N2O2. The first-order valence-electron chi connectivity index (χ1n) is 6.89. The number of carbonyl (C=O) groups is 1. The number of aromatic nitrogens is 1. The summed E-state index contributed by atoms with van der Waals surface area (Å²) in [5, 5.41) is 4.06. The molecule has 4 nitrogen and oxygen atoms in total. The van der Waals surface area contributed by atoms with E-state index in [1.807, 2.05) is 18.2 Å². The van der Waals surface area contributed by atoms with E-state index in [1.54, 1.807) is 23.7 Å². The second-order valence-electron chi connectivity index (χ2n) is 5.34. The summed E-state index contributed by atoms with van der Waals surface area (Å²) in [6.45, 7) is 4.77. The summed E-state index contributed by atoms with van der Waals surface area (Å²) < 4.78 is 1.58. The zero-order valence-corrected chi connectivity index (χ0v) is 12.1. The van der Waals surface area contributed by atoms with Crippen LogP contribution in [0.15, 0.2) is 35.1 Å². The predicted octanol–water partition coefficient (Wildman–Crippen LogP) is 2.41. The van der Waals surface area contributed by atoms with Crippen molar-refractivity contribution in [3.8, 4) is 0 Å². The Hall–Kier alpha value is -2.10. The van der Waals surface area contributed by atoms with Crippen LogP contribution in [0.25, 0.3) is 10.8 Å². The summed E-state index contributed by atoms with van der Waals surface area (Å²) in [5.41, 5.74) is 0.333. The largest absolute Gasteiger partial charge is 0.354 e. The standard InChI is InChI=1S/C16H20N2O2/c1-11(2)8-9-18-14(15(19)17-3)10-12-6-4-5-7-13(12)16(18)20/h4-7,10-11H,8-9H2,1-3H3,(H,17,19). The molecule has 0 aliphatic rings. The summed E-state index contributed by atoms with van der Waals surface area (Å²) in [6, 6.07) is 9.16. The molecule has 0 saturated carbocycles. The summed E-state index contributed by atoms with van der Waals surface area (Å²) in [5.74, 6) is 0.252. The van der Waals surface area contributed by atoms with Crippen LogP contribution in [-0.2, 0) is 6.54 Å². The normalized spacial score (nSPS) is 11.0. The minimum atomic E-state index is -0.225. The van der Waals surface area contributed by atoms with Gasteiger partial charge in [-0.1, -0.05) is 32.0 Å². The predicted molar refractivity (Wildman–Crippen MR) is 81.1 cm³/mol. The molecule has 4 heteroatoms. The fourth-order valence-electron chi connectivity index (χ4n) is 2.22. The number of rotatable bonds is 4. The second-order valence-corrected chi connectivity index (χ2v) is 5.34. The molecule has 0 saturated heterocycles. The zero-order chi connectivity index (χ0) is 14.7. The highest BCUT2D eigenvalue weighted by Gasteiger charge is 2.14. The molecule has 1 aromatic carbocycles. The number of nitrogens with one attached hydrogen (secondary N) is 1. The van der Waals surface area contributed by atoms with Crippen LogP contribution in [0.5, 0.6) is 0 Å². The minimum absolute atomic E-state index is 0.0950. The first kappa shape index (κ1) is 14.3. The van der Waals surface area contributed by atoms with E-state index in [0.29, 0.717) is 23.5 Å². The molecule has 0 aliphatic heterocycles. The molecule has 0 bridgehead atoms. The lowest BCUT2D eigenvalue weighted by molar-refractivity contribution is 0.0952. The van der Waals surface area contributed by atoms with Crippen LogP contribution in [0.2, 0.25) is 0 Å². The third-order valence-corrected chi connectivity index (χ3v) is 3.41. The summed E-state index contributed by atoms with van der Waals surface area (Å²) >= 11 is 0. The molecule has 1 N–H and O–H groups in total. The highest BCUT2D eigenvalue weighted by molar-refractivity contribution is 5.96. The Morgan fingerprint density at radius 1 is 1.30 bits per heavy atom. The Morgan fingerprint density at radius 2 is 2.00 bits per heavy atom. The third kappa shape index (κ3) is 2.74. The molecule has 2 aromatic rings. The van der Waals surface area contributed by atoms with Gasteiger partial charge in [-0.25, -0.2) is 0 Å². The van der Waals surface area contributed by atoms with E-state index < -0.39 is 0 Å². The van der Waals surface area contributed by atoms with Crippen LogP contribution in [0.3, 0.4) is 0 Å². The maximum atomic E-state index is 12.6. The second kappa shape index (κ2) is 5.90. The van der Waals surface area contributed by atoms with Gasteiger partial charge in [-0.2, -0.15) is 0 Å². The summed E-state index contributed by atoms with van der Waals surface area (Å²) in [4.78, 5) is 24.6. The number of benzene rings is 1. The third-order valence-electron chi connectivity index (χ3n) is 3.41. The van der Waals surface area contributed by atoms with E-state index in [0.717, 1.165) is 11.8 Å². The smallest absolute Gasteiger partial charge is 0.267 e. The van der Waals surface area contributed by atoms with Crippen LogP contribution < -0.4 is 10.9 Å². The first-order valence-corrected chi connectivity index (χ1v) is 6.89. The van der Waals surface area contributed by atoms with Gasteiger partial charge in [0.15, 0.2) is 0 Å². The Morgan fingerprint density at radius 3 is 2.65 bits per heavy atom. The Labute approximate surface area is 118 Å². The number of pyridine rings is 1. The number of hydrogen-bond donors (Lipinski definition) is 1. The lowest BCUT2D eigenvalue weighted by Gasteiger charge is -2.14. The van der Waals surface area contributed by atoms with Gasteiger partial charge in [-0.15, -0.1) is 0 Å². The average molecular weight is 272 g/mol. The average Bonchev–Trinajstić information content (AvgIpc) is 2.45. The molecule has 2 rings (SSSR count). The van der Waals surface area contributed by atoms with Crippen LogP contribution in [-0.4, -0.2) is 17.5 Å². The molecule has 1 aromatic heterocycles. The Kier molecular flexibility index (Phi) is 4.23. The molecule has 1 amide bonds. The van der Waals surface area contributed by atoms with Crippen molar-refractivity contribution in [2.45, 2.75) is 26.8 Å². The van der Waals surface area contributed by atoms with Crippen molar-refractivity contribution in [2.75, 3.05) is 7.05 Å². The Bertz CT molecular complexity index is 686. The van der Waals surface area contributed by atoms with Crippen LogP contribution in [0.1, 0.15) is 30.8 Å². The van der Waals surface area contributed by atoms with E-state index in [9.17, 15) is 9.59 Å². The molecule has 20 heavy (non-hydrogen) atoms. The van der Waals surface area contributed by atoms with Gasteiger partial charge in [-0.05, 0) is 29.9 Å². The first-order chi connectivity index (χ1) is 9.54. The fraction of sp³-hybridized carbons (Fsp3) is 0.375. The van der Waals surface area contributed by atoms with Crippen molar-refractivity contribution >= 4 is 16.7 Å². The van der Waals surface area contributed by atoms with E-state index >= 15 is 0 Å². The maximum Gasteiger partial charge on any atom is 0.267 e. The minimum Gasteiger partial charge on any atom is -0.354 e. The summed E-state index contributed by atoms with van der Waals surface area (Å²) in [6.07, 6.45) is 0.863. The molecule has 0 atom stereocenters. The maximum absolute atomic E-state index is 12.6.